The first-order valence-electron chi connectivity index (χ1n) is 5.55. The van der Waals surface area contributed by atoms with Crippen LogP contribution in [0.2, 0.25) is 0 Å². The molecule has 1 aromatic rings. The van der Waals surface area contributed by atoms with E-state index in [1.807, 2.05) is 6.92 Å². The lowest BCUT2D eigenvalue weighted by Crippen LogP contribution is -2.20. The van der Waals surface area contributed by atoms with Gasteiger partial charge in [-0.05, 0) is 12.5 Å². The number of nitrogens with one attached hydrogen (secondary N) is 1. The predicted molar refractivity (Wildman–Crippen MR) is 63.1 cm³/mol. The zero-order valence-corrected chi connectivity index (χ0v) is 10.2. The Hall–Kier alpha value is -2.02. The second-order valence-corrected chi connectivity index (χ2v) is 3.72. The van der Waals surface area contributed by atoms with E-state index < -0.39 is 29.1 Å². The van der Waals surface area contributed by atoms with Crippen LogP contribution in [0.15, 0.2) is 12.1 Å². The highest BCUT2D eigenvalue weighted by Gasteiger charge is 2.17. The van der Waals surface area contributed by atoms with Gasteiger partial charge in [0.05, 0.1) is 11.3 Å². The van der Waals surface area contributed by atoms with E-state index in [1.165, 1.54) is 0 Å². The number of rotatable bonds is 6. The van der Waals surface area contributed by atoms with Gasteiger partial charge in [-0.1, -0.05) is 6.92 Å². The molecule has 5 nitrogen and oxygen atoms in total. The smallest absolute Gasteiger partial charge is 0.337 e. The molecule has 1 aromatic carbocycles. The number of aromatic carboxylic acids is 1. The summed E-state index contributed by atoms with van der Waals surface area (Å²) in [6.07, 6.45) is 0.721. The third kappa shape index (κ3) is 4.29. The normalized spacial score (nSPS) is 10.3. The van der Waals surface area contributed by atoms with Gasteiger partial charge >= 0.3 is 5.97 Å². The van der Waals surface area contributed by atoms with E-state index in [-0.39, 0.29) is 12.3 Å². The van der Waals surface area contributed by atoms with Gasteiger partial charge in [0.1, 0.15) is 6.61 Å². The van der Waals surface area contributed by atoms with Crippen molar-refractivity contribution in [3.8, 4) is 0 Å². The summed E-state index contributed by atoms with van der Waals surface area (Å²) in [6, 6.07) is 1.14. The zero-order valence-electron chi connectivity index (χ0n) is 10.2. The number of carboxylic acid groups (broad SMARTS) is 1. The molecule has 0 fully saturated rings. The number of ether oxygens (including phenoxy) is 1. The lowest BCUT2D eigenvalue weighted by atomic mass is 10.1. The molecule has 0 aliphatic heterocycles. The standard InChI is InChI=1S/C12H13F2NO4/c1-2-3-19-6-11(16)15-10-5-9(14)8(13)4-7(10)12(17)18/h4-5H,2-3,6H2,1H3,(H,15,16)(H,17,18). The van der Waals surface area contributed by atoms with Crippen LogP contribution in [0.5, 0.6) is 0 Å². The minimum atomic E-state index is -1.47. The largest absolute Gasteiger partial charge is 0.478 e. The third-order valence-electron chi connectivity index (χ3n) is 2.15. The molecule has 0 saturated heterocycles. The van der Waals surface area contributed by atoms with Gasteiger partial charge in [-0.2, -0.15) is 0 Å². The quantitative estimate of drug-likeness (QED) is 0.777. The van der Waals surface area contributed by atoms with Crippen LogP contribution in [0.4, 0.5) is 14.5 Å². The number of hydrogen-bond acceptors (Lipinski definition) is 3. The molecule has 0 unspecified atom stereocenters. The van der Waals surface area contributed by atoms with Crippen molar-refractivity contribution in [1.29, 1.82) is 0 Å². The summed E-state index contributed by atoms with van der Waals surface area (Å²) in [6.45, 7) is 1.94. The molecule has 0 saturated carbocycles. The van der Waals surface area contributed by atoms with Gasteiger partial charge < -0.3 is 15.2 Å². The topological polar surface area (TPSA) is 75.6 Å². The van der Waals surface area contributed by atoms with Crippen LogP contribution in [0.1, 0.15) is 23.7 Å². The molecule has 0 heterocycles. The number of halogens is 2. The van der Waals surface area contributed by atoms with Crippen LogP contribution in [-0.4, -0.2) is 30.2 Å². The van der Waals surface area contributed by atoms with Gasteiger partial charge in [0.25, 0.3) is 0 Å². The number of carbonyl (C=O) groups excluding carboxylic acids is 1. The molecule has 0 bridgehead atoms. The monoisotopic (exact) mass is 273 g/mol. The summed E-state index contributed by atoms with van der Waals surface area (Å²) in [7, 11) is 0. The maximum absolute atomic E-state index is 13.0. The fourth-order valence-corrected chi connectivity index (χ4v) is 1.32. The van der Waals surface area contributed by atoms with Gasteiger partial charge in [0.15, 0.2) is 11.6 Å². The molecule has 0 aromatic heterocycles. The van der Waals surface area contributed by atoms with E-state index in [0.717, 1.165) is 6.42 Å². The van der Waals surface area contributed by atoms with Crippen molar-refractivity contribution in [1.82, 2.24) is 0 Å². The van der Waals surface area contributed by atoms with E-state index in [4.69, 9.17) is 9.84 Å². The van der Waals surface area contributed by atoms with Crippen molar-refractivity contribution in [3.63, 3.8) is 0 Å². The van der Waals surface area contributed by atoms with Crippen LogP contribution in [0.3, 0.4) is 0 Å². The molecule has 0 aliphatic rings. The fraction of sp³-hybridized carbons (Fsp3) is 0.333. The van der Waals surface area contributed by atoms with Crippen molar-refractivity contribution < 1.29 is 28.2 Å². The molecule has 0 aliphatic carbocycles. The third-order valence-corrected chi connectivity index (χ3v) is 2.15. The maximum atomic E-state index is 13.0. The molecule has 0 atom stereocenters. The Morgan fingerprint density at radius 2 is 1.95 bits per heavy atom. The van der Waals surface area contributed by atoms with Crippen LogP contribution in [0.25, 0.3) is 0 Å². The van der Waals surface area contributed by atoms with E-state index in [0.29, 0.717) is 18.7 Å². The average molecular weight is 273 g/mol. The first-order valence-corrected chi connectivity index (χ1v) is 5.55. The van der Waals surface area contributed by atoms with Crippen molar-refractivity contribution in [2.45, 2.75) is 13.3 Å². The minimum absolute atomic E-state index is 0.286. The Kier molecular flexibility index (Phi) is 5.37. The highest BCUT2D eigenvalue weighted by atomic mass is 19.2. The molecule has 19 heavy (non-hydrogen) atoms. The number of amides is 1. The number of carboxylic acids is 1. The molecular weight excluding hydrogens is 260 g/mol. The first kappa shape index (κ1) is 15.0. The Labute approximate surface area is 108 Å². The lowest BCUT2D eigenvalue weighted by molar-refractivity contribution is -0.120. The molecule has 0 spiro atoms. The van der Waals surface area contributed by atoms with Crippen LogP contribution >= 0.6 is 0 Å². The van der Waals surface area contributed by atoms with Crippen molar-refractivity contribution in [2.75, 3.05) is 18.5 Å². The summed E-state index contributed by atoms with van der Waals surface area (Å²) >= 11 is 0. The first-order chi connectivity index (χ1) is 8.95. The van der Waals surface area contributed by atoms with E-state index in [9.17, 15) is 18.4 Å². The molecule has 7 heteroatoms. The number of anilines is 1. The lowest BCUT2D eigenvalue weighted by Gasteiger charge is -2.09. The van der Waals surface area contributed by atoms with Crippen molar-refractivity contribution in [2.24, 2.45) is 0 Å². The Bertz CT molecular complexity index is 491. The van der Waals surface area contributed by atoms with Gasteiger partial charge in [0.2, 0.25) is 5.91 Å². The van der Waals surface area contributed by atoms with Crippen molar-refractivity contribution >= 4 is 17.6 Å². The van der Waals surface area contributed by atoms with E-state index >= 15 is 0 Å². The molecule has 1 amide bonds. The predicted octanol–water partition coefficient (Wildman–Crippen LogP) is 2.03. The number of benzene rings is 1. The zero-order chi connectivity index (χ0) is 14.4. The Morgan fingerprint density at radius 1 is 1.32 bits per heavy atom. The van der Waals surface area contributed by atoms with Crippen LogP contribution in [0, 0.1) is 11.6 Å². The van der Waals surface area contributed by atoms with Crippen molar-refractivity contribution in [3.05, 3.63) is 29.3 Å². The van der Waals surface area contributed by atoms with E-state index in [1.54, 1.807) is 0 Å². The SMILES string of the molecule is CCCOCC(=O)Nc1cc(F)c(F)cc1C(=O)O. The number of carbonyl (C=O) groups is 2. The summed E-state index contributed by atoms with van der Waals surface area (Å²) in [4.78, 5) is 22.3. The molecule has 0 radical (unpaired) electrons. The highest BCUT2D eigenvalue weighted by Crippen LogP contribution is 2.20. The summed E-state index contributed by atoms with van der Waals surface area (Å²) in [5.41, 5.74) is -0.834. The van der Waals surface area contributed by atoms with Gasteiger partial charge in [0, 0.05) is 12.7 Å². The second-order valence-electron chi connectivity index (χ2n) is 3.72. The van der Waals surface area contributed by atoms with Gasteiger partial charge in [-0.15, -0.1) is 0 Å². The Balaban J connectivity index is 2.84. The molecular formula is C12H13F2NO4. The maximum Gasteiger partial charge on any atom is 0.337 e. The van der Waals surface area contributed by atoms with Crippen LogP contribution < -0.4 is 5.32 Å². The Morgan fingerprint density at radius 3 is 2.53 bits per heavy atom. The van der Waals surface area contributed by atoms with Gasteiger partial charge in [-0.25, -0.2) is 13.6 Å². The fourth-order valence-electron chi connectivity index (χ4n) is 1.32. The average Bonchev–Trinajstić information content (AvgIpc) is 2.33. The molecule has 2 N–H and O–H groups in total. The minimum Gasteiger partial charge on any atom is -0.478 e. The summed E-state index contributed by atoms with van der Waals surface area (Å²) in [5.74, 6) is -4.64. The van der Waals surface area contributed by atoms with Crippen LogP contribution in [-0.2, 0) is 9.53 Å². The summed E-state index contributed by atoms with van der Waals surface area (Å²) in [5, 5.41) is 11.0. The van der Waals surface area contributed by atoms with Gasteiger partial charge in [-0.3, -0.25) is 4.79 Å². The highest BCUT2D eigenvalue weighted by molar-refractivity contribution is 6.00. The molecule has 104 valence electrons. The van der Waals surface area contributed by atoms with E-state index in [2.05, 4.69) is 5.32 Å². The molecule has 1 rings (SSSR count). The second kappa shape index (κ2) is 6.79. The number of hydrogen-bond donors (Lipinski definition) is 2. The summed E-state index contributed by atoms with van der Waals surface area (Å²) < 4.78 is 30.9.